The van der Waals surface area contributed by atoms with E-state index in [1.165, 1.54) is 0 Å². The molecule has 0 bridgehead atoms. The first-order valence-corrected chi connectivity index (χ1v) is 20.2. The van der Waals surface area contributed by atoms with E-state index in [1.807, 2.05) is 55.7 Å². The van der Waals surface area contributed by atoms with E-state index in [4.69, 9.17) is 9.47 Å². The predicted octanol–water partition coefficient (Wildman–Crippen LogP) is 8.50. The van der Waals surface area contributed by atoms with E-state index in [0.717, 1.165) is 71.9 Å². The van der Waals surface area contributed by atoms with Gasteiger partial charge < -0.3 is 29.4 Å². The number of fused-ring (bicyclic) bond motifs is 1. The van der Waals surface area contributed by atoms with Gasteiger partial charge in [0.2, 0.25) is 0 Å². The Balaban J connectivity index is 1.34. The molecule has 1 atom stereocenters. The standard InChI is InChI=1S/C43H54N4O6S/c1-6-8-23-52-24-25-53-37-16-11-32(12-17-37)33-13-20-40-35(26-33)27-34(10-9-22-46(40)29-43(4,5)42(49)50)41(48)45-36-14-18-38(19-15-36)54(51)28-39-31(3)47(21-7-2)30-44-39/h11-20,26-27,30H,6-10,21-25,28-29H2,1-5H3,(H,45,48)(H,49,50)/t54-/m1/s1. The maximum Gasteiger partial charge on any atom is 0.310 e. The molecular formula is C43H54N4O6S. The van der Waals surface area contributed by atoms with Gasteiger partial charge in [-0.25, -0.2) is 4.98 Å². The Morgan fingerprint density at radius 1 is 0.963 bits per heavy atom. The summed E-state index contributed by atoms with van der Waals surface area (Å²) in [6, 6.07) is 21.2. The number of carboxylic acids is 1. The smallest absolute Gasteiger partial charge is 0.310 e. The molecule has 4 aromatic rings. The van der Waals surface area contributed by atoms with Crippen LogP contribution in [0.3, 0.4) is 0 Å². The number of hydrogen-bond donors (Lipinski definition) is 2. The lowest BCUT2D eigenvalue weighted by molar-refractivity contribution is -0.146. The van der Waals surface area contributed by atoms with Gasteiger partial charge in [0.05, 0.1) is 40.6 Å². The van der Waals surface area contributed by atoms with Gasteiger partial charge in [0, 0.05) is 53.8 Å². The number of aliphatic carboxylic acids is 1. The van der Waals surface area contributed by atoms with Crippen LogP contribution in [-0.2, 0) is 37.4 Å². The average molecular weight is 755 g/mol. The van der Waals surface area contributed by atoms with E-state index < -0.39 is 22.2 Å². The first kappa shape index (κ1) is 40.4. The van der Waals surface area contributed by atoms with Gasteiger partial charge in [-0.15, -0.1) is 0 Å². The Morgan fingerprint density at radius 3 is 2.41 bits per heavy atom. The molecule has 0 aliphatic carbocycles. The van der Waals surface area contributed by atoms with Gasteiger partial charge in [-0.3, -0.25) is 13.8 Å². The number of imidazole rings is 1. The Morgan fingerprint density at radius 2 is 1.70 bits per heavy atom. The first-order chi connectivity index (χ1) is 26.0. The van der Waals surface area contributed by atoms with E-state index in [0.29, 0.717) is 61.1 Å². The highest BCUT2D eigenvalue weighted by atomic mass is 32.2. The number of unbranched alkanes of at least 4 members (excludes halogenated alkanes) is 1. The zero-order valence-corrected chi connectivity index (χ0v) is 33.0. The number of nitrogens with one attached hydrogen (secondary N) is 1. The van der Waals surface area contributed by atoms with E-state index in [2.05, 4.69) is 39.7 Å². The van der Waals surface area contributed by atoms with Crippen LogP contribution in [0.4, 0.5) is 11.4 Å². The number of amides is 1. The van der Waals surface area contributed by atoms with Crippen LogP contribution in [0.5, 0.6) is 5.75 Å². The molecule has 0 saturated heterocycles. The largest absolute Gasteiger partial charge is 0.491 e. The molecule has 2 N–H and O–H groups in total. The number of hydrogen-bond acceptors (Lipinski definition) is 7. The minimum absolute atomic E-state index is 0.211. The van der Waals surface area contributed by atoms with E-state index >= 15 is 0 Å². The molecule has 5 rings (SSSR count). The SMILES string of the molecule is CCCCOCCOc1ccc(-c2ccc3c(c2)C=C(C(=O)Nc2ccc([S@](=O)Cc4ncn(CCC)c4C)cc2)CCCN3CC(C)(C)C(=O)O)cc1. The van der Waals surface area contributed by atoms with Crippen molar-refractivity contribution in [3.63, 3.8) is 0 Å². The number of ether oxygens (including phenoxy) is 2. The van der Waals surface area contributed by atoms with Crippen LogP contribution in [0.1, 0.15) is 76.8 Å². The molecule has 288 valence electrons. The van der Waals surface area contributed by atoms with Crippen molar-refractivity contribution in [2.24, 2.45) is 5.41 Å². The van der Waals surface area contributed by atoms with Crippen molar-refractivity contribution < 1.29 is 28.4 Å². The van der Waals surface area contributed by atoms with Crippen LogP contribution in [0.2, 0.25) is 0 Å². The number of carboxylic acid groups (broad SMARTS) is 1. The fraction of sp³-hybridized carbons (Fsp3) is 0.419. The lowest BCUT2D eigenvalue weighted by Crippen LogP contribution is -2.40. The highest BCUT2D eigenvalue weighted by Crippen LogP contribution is 2.35. The summed E-state index contributed by atoms with van der Waals surface area (Å²) in [7, 11) is -1.28. The third-order valence-electron chi connectivity index (χ3n) is 9.66. The number of aromatic nitrogens is 2. The van der Waals surface area contributed by atoms with Gasteiger partial charge in [0.25, 0.3) is 5.91 Å². The number of nitrogens with zero attached hydrogens (tertiary/aromatic N) is 3. The highest BCUT2D eigenvalue weighted by molar-refractivity contribution is 7.84. The third-order valence-corrected chi connectivity index (χ3v) is 11.0. The molecule has 0 radical (unpaired) electrons. The zero-order valence-electron chi connectivity index (χ0n) is 32.2. The molecule has 1 aliphatic heterocycles. The van der Waals surface area contributed by atoms with E-state index in [1.54, 1.807) is 38.1 Å². The maximum atomic E-state index is 13.8. The molecule has 2 heterocycles. The number of aryl methyl sites for hydroxylation is 1. The summed E-state index contributed by atoms with van der Waals surface area (Å²) in [5, 5.41) is 13.0. The molecular weight excluding hydrogens is 701 g/mol. The quantitative estimate of drug-likeness (QED) is 0.0970. The van der Waals surface area contributed by atoms with Gasteiger partial charge >= 0.3 is 5.97 Å². The molecule has 0 fully saturated rings. The van der Waals surface area contributed by atoms with Gasteiger partial charge in [-0.05, 0) is 118 Å². The molecule has 3 aromatic carbocycles. The number of carbonyl (C=O) groups excluding carboxylic acids is 1. The molecule has 0 unspecified atom stereocenters. The summed E-state index contributed by atoms with van der Waals surface area (Å²) in [6.07, 6.45) is 8.06. The Bertz CT molecular complexity index is 1930. The van der Waals surface area contributed by atoms with Crippen LogP contribution in [0.15, 0.2) is 83.5 Å². The third kappa shape index (κ3) is 10.7. The molecule has 0 spiro atoms. The van der Waals surface area contributed by atoms with Crippen LogP contribution >= 0.6 is 0 Å². The highest BCUT2D eigenvalue weighted by Gasteiger charge is 2.31. The Labute approximate surface area is 322 Å². The first-order valence-electron chi connectivity index (χ1n) is 18.9. The minimum atomic E-state index is -1.28. The van der Waals surface area contributed by atoms with Gasteiger partial charge in [0.1, 0.15) is 12.4 Å². The second-order valence-electron chi connectivity index (χ2n) is 14.4. The average Bonchev–Trinajstić information content (AvgIpc) is 3.49. The summed E-state index contributed by atoms with van der Waals surface area (Å²) in [6.45, 7) is 13.3. The molecule has 10 nitrogen and oxygen atoms in total. The number of anilines is 2. The minimum Gasteiger partial charge on any atom is -0.491 e. The lowest BCUT2D eigenvalue weighted by Gasteiger charge is -2.34. The van der Waals surface area contributed by atoms with Crippen LogP contribution in [-0.4, -0.2) is 63.7 Å². The fourth-order valence-electron chi connectivity index (χ4n) is 6.38. The van der Waals surface area contributed by atoms with Crippen LogP contribution in [0, 0.1) is 12.3 Å². The maximum absolute atomic E-state index is 13.8. The topological polar surface area (TPSA) is 123 Å². The van der Waals surface area contributed by atoms with Crippen molar-refractivity contribution in [3.05, 3.63) is 95.6 Å². The summed E-state index contributed by atoms with van der Waals surface area (Å²) < 4.78 is 26.8. The molecule has 1 aliphatic rings. The van der Waals surface area contributed by atoms with Crippen molar-refractivity contribution in [1.29, 1.82) is 0 Å². The normalized spacial score (nSPS) is 13.7. The summed E-state index contributed by atoms with van der Waals surface area (Å²) in [5.74, 6) is 0.0200. The summed E-state index contributed by atoms with van der Waals surface area (Å²) in [5.41, 5.74) is 5.80. The predicted molar refractivity (Wildman–Crippen MR) is 216 cm³/mol. The van der Waals surface area contributed by atoms with Crippen LogP contribution in [0.25, 0.3) is 17.2 Å². The monoisotopic (exact) mass is 754 g/mol. The summed E-state index contributed by atoms with van der Waals surface area (Å²) in [4.78, 5) is 33.2. The molecule has 11 heteroatoms. The van der Waals surface area contributed by atoms with Gasteiger partial charge in [0.15, 0.2) is 0 Å². The van der Waals surface area contributed by atoms with Crippen molar-refractivity contribution >= 4 is 40.1 Å². The van der Waals surface area contributed by atoms with E-state index in [9.17, 15) is 18.9 Å². The Kier molecular flexibility index (Phi) is 14.3. The van der Waals surface area contributed by atoms with Crippen molar-refractivity contribution in [3.8, 4) is 16.9 Å². The summed E-state index contributed by atoms with van der Waals surface area (Å²) >= 11 is 0. The second-order valence-corrected chi connectivity index (χ2v) is 15.9. The van der Waals surface area contributed by atoms with Crippen LogP contribution < -0.4 is 15.0 Å². The van der Waals surface area contributed by atoms with Crippen molar-refractivity contribution in [2.45, 2.75) is 83.9 Å². The fourth-order valence-corrected chi connectivity index (χ4v) is 7.52. The number of rotatable bonds is 18. The lowest BCUT2D eigenvalue weighted by atomic mass is 9.91. The Hall–Kier alpha value is -4.74. The number of carbonyl (C=O) groups is 2. The zero-order chi connectivity index (χ0) is 38.7. The second kappa shape index (κ2) is 19.0. The molecule has 0 saturated carbocycles. The van der Waals surface area contributed by atoms with Crippen molar-refractivity contribution in [2.75, 3.05) is 43.1 Å². The van der Waals surface area contributed by atoms with Gasteiger partial charge in [-0.1, -0.05) is 38.5 Å². The molecule has 1 amide bonds. The molecule has 54 heavy (non-hydrogen) atoms. The molecule has 1 aromatic heterocycles. The number of benzene rings is 3. The van der Waals surface area contributed by atoms with E-state index in [-0.39, 0.29) is 5.91 Å². The van der Waals surface area contributed by atoms with Gasteiger partial charge in [-0.2, -0.15) is 0 Å². The van der Waals surface area contributed by atoms with Crippen molar-refractivity contribution in [1.82, 2.24) is 9.55 Å².